The molecule has 0 aliphatic carbocycles. The molecule has 6 nitrogen and oxygen atoms in total. The van der Waals surface area contributed by atoms with Crippen molar-refractivity contribution in [3.8, 4) is 0 Å². The fourth-order valence-corrected chi connectivity index (χ4v) is 2.59. The zero-order chi connectivity index (χ0) is 16.0. The SMILES string of the molecule is CCCC(CC(=O)O)NC(=O)c1cccc(S(C)(=O)=O)c1. The molecule has 0 bridgehead atoms. The van der Waals surface area contributed by atoms with E-state index in [1.54, 1.807) is 0 Å². The number of rotatable bonds is 7. The van der Waals surface area contributed by atoms with Gasteiger partial charge in [0.05, 0.1) is 11.3 Å². The molecule has 0 saturated heterocycles. The molecule has 0 aliphatic rings. The zero-order valence-electron chi connectivity index (χ0n) is 12.0. The minimum Gasteiger partial charge on any atom is -0.481 e. The second kappa shape index (κ2) is 7.21. The van der Waals surface area contributed by atoms with Crippen molar-refractivity contribution in [2.24, 2.45) is 0 Å². The molecule has 0 aromatic heterocycles. The van der Waals surface area contributed by atoms with Crippen molar-refractivity contribution in [1.82, 2.24) is 5.32 Å². The summed E-state index contributed by atoms with van der Waals surface area (Å²) in [4.78, 5) is 22.9. The number of nitrogens with one attached hydrogen (secondary N) is 1. The molecule has 21 heavy (non-hydrogen) atoms. The summed E-state index contributed by atoms with van der Waals surface area (Å²) in [6.07, 6.45) is 2.19. The van der Waals surface area contributed by atoms with Crippen LogP contribution >= 0.6 is 0 Å². The Morgan fingerprint density at radius 2 is 2.00 bits per heavy atom. The first-order valence-electron chi connectivity index (χ1n) is 6.56. The van der Waals surface area contributed by atoms with Crippen LogP contribution in [0.5, 0.6) is 0 Å². The lowest BCUT2D eigenvalue weighted by molar-refractivity contribution is -0.137. The van der Waals surface area contributed by atoms with Crippen LogP contribution in [0.2, 0.25) is 0 Å². The highest BCUT2D eigenvalue weighted by atomic mass is 32.2. The number of carbonyl (C=O) groups excluding carboxylic acids is 1. The lowest BCUT2D eigenvalue weighted by atomic mass is 10.1. The van der Waals surface area contributed by atoms with E-state index in [-0.39, 0.29) is 16.9 Å². The van der Waals surface area contributed by atoms with E-state index in [9.17, 15) is 18.0 Å². The monoisotopic (exact) mass is 313 g/mol. The Morgan fingerprint density at radius 3 is 2.52 bits per heavy atom. The third-order valence-electron chi connectivity index (χ3n) is 2.92. The highest BCUT2D eigenvalue weighted by Crippen LogP contribution is 2.12. The number of amides is 1. The van der Waals surface area contributed by atoms with Gasteiger partial charge in [-0.3, -0.25) is 9.59 Å². The van der Waals surface area contributed by atoms with E-state index < -0.39 is 27.8 Å². The summed E-state index contributed by atoms with van der Waals surface area (Å²) in [5, 5.41) is 11.4. The minimum absolute atomic E-state index is 0.0560. The van der Waals surface area contributed by atoms with Gasteiger partial charge in [-0.25, -0.2) is 8.42 Å². The maximum Gasteiger partial charge on any atom is 0.305 e. The first-order valence-corrected chi connectivity index (χ1v) is 8.46. The Balaban J connectivity index is 2.90. The molecule has 0 heterocycles. The summed E-state index contributed by atoms with van der Waals surface area (Å²) in [7, 11) is -3.39. The van der Waals surface area contributed by atoms with Gasteiger partial charge >= 0.3 is 5.97 Å². The molecule has 0 spiro atoms. The van der Waals surface area contributed by atoms with Gasteiger partial charge in [-0.1, -0.05) is 19.4 Å². The maximum atomic E-state index is 12.1. The molecular formula is C14H19NO5S. The third kappa shape index (κ3) is 5.55. The van der Waals surface area contributed by atoms with Gasteiger partial charge < -0.3 is 10.4 Å². The lowest BCUT2D eigenvalue weighted by Gasteiger charge is -2.16. The predicted molar refractivity (Wildman–Crippen MR) is 78.0 cm³/mol. The van der Waals surface area contributed by atoms with Crippen molar-refractivity contribution in [3.05, 3.63) is 29.8 Å². The van der Waals surface area contributed by atoms with Gasteiger partial charge in [0.15, 0.2) is 9.84 Å². The Kier molecular flexibility index (Phi) is 5.90. The van der Waals surface area contributed by atoms with Crippen LogP contribution in [-0.2, 0) is 14.6 Å². The molecule has 2 N–H and O–H groups in total. The number of carbonyl (C=O) groups is 2. The quantitative estimate of drug-likeness (QED) is 0.793. The number of sulfone groups is 1. The molecule has 0 saturated carbocycles. The number of carboxylic acid groups (broad SMARTS) is 1. The molecule has 1 amide bonds. The van der Waals surface area contributed by atoms with Gasteiger partial charge in [0.25, 0.3) is 5.91 Å². The Morgan fingerprint density at radius 1 is 1.33 bits per heavy atom. The second-order valence-corrected chi connectivity index (χ2v) is 6.87. The number of carboxylic acids is 1. The average Bonchev–Trinajstić information content (AvgIpc) is 2.37. The first-order chi connectivity index (χ1) is 9.74. The molecule has 1 aromatic rings. The van der Waals surface area contributed by atoms with Gasteiger partial charge in [0, 0.05) is 17.9 Å². The fraction of sp³-hybridized carbons (Fsp3) is 0.429. The van der Waals surface area contributed by atoms with Crippen molar-refractivity contribution in [3.63, 3.8) is 0 Å². The van der Waals surface area contributed by atoms with Gasteiger partial charge in [0.1, 0.15) is 0 Å². The Bertz CT molecular complexity index is 624. The molecular weight excluding hydrogens is 294 g/mol. The molecule has 1 rings (SSSR count). The van der Waals surface area contributed by atoms with E-state index in [0.29, 0.717) is 6.42 Å². The summed E-state index contributed by atoms with van der Waals surface area (Å²) >= 11 is 0. The number of hydrogen-bond acceptors (Lipinski definition) is 4. The predicted octanol–water partition coefficient (Wildman–Crippen LogP) is 1.46. The van der Waals surface area contributed by atoms with Crippen LogP contribution in [0.1, 0.15) is 36.5 Å². The largest absolute Gasteiger partial charge is 0.481 e. The van der Waals surface area contributed by atoms with Crippen molar-refractivity contribution in [1.29, 1.82) is 0 Å². The summed E-state index contributed by atoms with van der Waals surface area (Å²) in [6, 6.07) is 5.20. The van der Waals surface area contributed by atoms with Gasteiger partial charge in [-0.2, -0.15) is 0 Å². The topological polar surface area (TPSA) is 101 Å². The molecule has 7 heteroatoms. The van der Waals surface area contributed by atoms with Crippen LogP contribution in [0.25, 0.3) is 0 Å². The van der Waals surface area contributed by atoms with E-state index >= 15 is 0 Å². The van der Waals surface area contributed by atoms with E-state index in [1.807, 2.05) is 6.92 Å². The molecule has 1 atom stereocenters. The van der Waals surface area contributed by atoms with Crippen LogP contribution < -0.4 is 5.32 Å². The highest BCUT2D eigenvalue weighted by molar-refractivity contribution is 7.90. The minimum atomic E-state index is -3.39. The van der Waals surface area contributed by atoms with Crippen molar-refractivity contribution in [2.45, 2.75) is 37.1 Å². The second-order valence-electron chi connectivity index (χ2n) is 4.86. The lowest BCUT2D eigenvalue weighted by Crippen LogP contribution is -2.36. The van der Waals surface area contributed by atoms with E-state index in [0.717, 1.165) is 12.7 Å². The molecule has 1 aromatic carbocycles. The normalized spacial score (nSPS) is 12.7. The number of hydrogen-bond donors (Lipinski definition) is 2. The average molecular weight is 313 g/mol. The fourth-order valence-electron chi connectivity index (χ4n) is 1.92. The van der Waals surface area contributed by atoms with Gasteiger partial charge in [-0.05, 0) is 24.6 Å². The number of benzene rings is 1. The third-order valence-corrected chi connectivity index (χ3v) is 4.03. The van der Waals surface area contributed by atoms with Crippen molar-refractivity contribution >= 4 is 21.7 Å². The van der Waals surface area contributed by atoms with Crippen molar-refractivity contribution in [2.75, 3.05) is 6.26 Å². The standard InChI is InChI=1S/C14H19NO5S/c1-3-5-11(9-13(16)17)15-14(18)10-6-4-7-12(8-10)21(2,19)20/h4,6-8,11H,3,5,9H2,1-2H3,(H,15,18)(H,16,17). The van der Waals surface area contributed by atoms with Crippen LogP contribution in [0, 0.1) is 0 Å². The summed E-state index contributed by atoms with van der Waals surface area (Å²) in [5.41, 5.74) is 0.199. The van der Waals surface area contributed by atoms with E-state index in [2.05, 4.69) is 5.32 Å². The Labute approximate surface area is 124 Å². The summed E-state index contributed by atoms with van der Waals surface area (Å²) in [5.74, 6) is -1.46. The smallest absolute Gasteiger partial charge is 0.305 e. The van der Waals surface area contributed by atoms with Crippen molar-refractivity contribution < 1.29 is 23.1 Å². The van der Waals surface area contributed by atoms with E-state index in [4.69, 9.17) is 5.11 Å². The van der Waals surface area contributed by atoms with Gasteiger partial charge in [-0.15, -0.1) is 0 Å². The van der Waals surface area contributed by atoms with Crippen LogP contribution in [-0.4, -0.2) is 37.7 Å². The van der Waals surface area contributed by atoms with Crippen LogP contribution in [0.3, 0.4) is 0 Å². The molecule has 116 valence electrons. The summed E-state index contributed by atoms with van der Waals surface area (Å²) < 4.78 is 22.9. The molecule has 0 radical (unpaired) electrons. The number of aliphatic carboxylic acids is 1. The molecule has 0 aliphatic heterocycles. The molecule has 1 unspecified atom stereocenters. The van der Waals surface area contributed by atoms with Crippen LogP contribution in [0.4, 0.5) is 0 Å². The zero-order valence-corrected chi connectivity index (χ0v) is 12.8. The molecule has 0 fully saturated rings. The Hall–Kier alpha value is -1.89. The van der Waals surface area contributed by atoms with Crippen LogP contribution in [0.15, 0.2) is 29.2 Å². The summed E-state index contributed by atoms with van der Waals surface area (Å²) in [6.45, 7) is 1.89. The maximum absolute atomic E-state index is 12.1. The first kappa shape index (κ1) is 17.2. The van der Waals surface area contributed by atoms with Gasteiger partial charge in [0.2, 0.25) is 0 Å². The van der Waals surface area contributed by atoms with E-state index in [1.165, 1.54) is 24.3 Å². The highest BCUT2D eigenvalue weighted by Gasteiger charge is 2.17.